The summed E-state index contributed by atoms with van der Waals surface area (Å²) in [6, 6.07) is 14.6. The van der Waals surface area contributed by atoms with Crippen LogP contribution in [-0.4, -0.2) is 36.3 Å². The predicted molar refractivity (Wildman–Crippen MR) is 173 cm³/mol. The standard InChI is InChI=1S/C37H48F3NO4/c1-3-5-7-9-10-11-16-28-44-32-24-22-30(23-25-32)29-18-20-31(21-19-29)34(42)41-36(26-14-12-15-27-36)35(43)45-33(37(38,39)40)17-13-8-6-4-2/h12,14-15,18-26,33H,3-11,13,16-17,27-28H2,1-2H3,(H,41,42). The minimum absolute atomic E-state index is 0.0139. The van der Waals surface area contributed by atoms with E-state index in [-0.39, 0.29) is 18.4 Å². The number of hydrogen-bond acceptors (Lipinski definition) is 4. The molecule has 1 aliphatic carbocycles. The number of ether oxygens (including phenoxy) is 2. The summed E-state index contributed by atoms with van der Waals surface area (Å²) in [5.74, 6) is -0.902. The second-order valence-electron chi connectivity index (χ2n) is 11.8. The van der Waals surface area contributed by atoms with Gasteiger partial charge in [-0.1, -0.05) is 114 Å². The van der Waals surface area contributed by atoms with E-state index in [4.69, 9.17) is 9.47 Å². The first kappa shape index (κ1) is 35.9. The highest BCUT2D eigenvalue weighted by atomic mass is 19.4. The summed E-state index contributed by atoms with van der Waals surface area (Å²) < 4.78 is 52.1. The van der Waals surface area contributed by atoms with E-state index in [0.29, 0.717) is 19.4 Å². The summed E-state index contributed by atoms with van der Waals surface area (Å²) in [5, 5.41) is 2.65. The Morgan fingerprint density at radius 2 is 1.38 bits per heavy atom. The molecule has 1 N–H and O–H groups in total. The van der Waals surface area contributed by atoms with Crippen molar-refractivity contribution in [2.75, 3.05) is 6.61 Å². The SMILES string of the molecule is CCCCCCCCCOc1ccc(-c2ccc(C(=O)NC3(C(=O)OC(CCCCCC)C(F)(F)F)C=CC=CC3)cc2)cc1. The lowest BCUT2D eigenvalue weighted by Gasteiger charge is -2.32. The van der Waals surface area contributed by atoms with E-state index < -0.39 is 29.7 Å². The van der Waals surface area contributed by atoms with Crippen molar-refractivity contribution in [2.45, 2.75) is 115 Å². The number of allylic oxidation sites excluding steroid dienone is 2. The van der Waals surface area contributed by atoms with Gasteiger partial charge in [-0.05, 0) is 60.7 Å². The van der Waals surface area contributed by atoms with Gasteiger partial charge in [-0.3, -0.25) is 4.79 Å². The third kappa shape index (κ3) is 11.7. The van der Waals surface area contributed by atoms with Crippen LogP contribution in [0.5, 0.6) is 5.75 Å². The van der Waals surface area contributed by atoms with Crippen molar-refractivity contribution >= 4 is 11.9 Å². The van der Waals surface area contributed by atoms with E-state index in [1.807, 2.05) is 31.2 Å². The van der Waals surface area contributed by atoms with Crippen molar-refractivity contribution in [3.8, 4) is 16.9 Å². The lowest BCUT2D eigenvalue weighted by Crippen LogP contribution is -2.55. The Morgan fingerprint density at radius 3 is 1.96 bits per heavy atom. The molecule has 2 unspecified atom stereocenters. The van der Waals surface area contributed by atoms with Crippen molar-refractivity contribution < 1.29 is 32.2 Å². The number of amides is 1. The summed E-state index contributed by atoms with van der Waals surface area (Å²) >= 11 is 0. The molecule has 0 radical (unpaired) electrons. The number of halogens is 3. The van der Waals surface area contributed by atoms with E-state index in [1.165, 1.54) is 50.7 Å². The molecule has 5 nitrogen and oxygen atoms in total. The Kier molecular flexibility index (Phi) is 14.7. The van der Waals surface area contributed by atoms with Crippen LogP contribution in [0.25, 0.3) is 11.1 Å². The molecule has 2 atom stereocenters. The zero-order chi connectivity index (χ0) is 32.5. The molecular formula is C37H48F3NO4. The highest BCUT2D eigenvalue weighted by Gasteiger charge is 2.47. The van der Waals surface area contributed by atoms with Crippen LogP contribution in [0.15, 0.2) is 72.8 Å². The Balaban J connectivity index is 1.58. The van der Waals surface area contributed by atoms with E-state index in [9.17, 15) is 22.8 Å². The molecule has 0 aliphatic heterocycles. The summed E-state index contributed by atoms with van der Waals surface area (Å²) in [4.78, 5) is 26.5. The van der Waals surface area contributed by atoms with Gasteiger partial charge in [-0.2, -0.15) is 13.2 Å². The van der Waals surface area contributed by atoms with Gasteiger partial charge in [0.2, 0.25) is 0 Å². The first-order valence-electron chi connectivity index (χ1n) is 16.5. The first-order chi connectivity index (χ1) is 21.7. The molecule has 0 saturated heterocycles. The molecule has 0 fully saturated rings. The van der Waals surface area contributed by atoms with Gasteiger partial charge in [-0.25, -0.2) is 4.79 Å². The number of carbonyl (C=O) groups is 2. The zero-order valence-electron chi connectivity index (χ0n) is 26.7. The Bertz CT molecular complexity index is 1240. The van der Waals surface area contributed by atoms with Gasteiger partial charge >= 0.3 is 12.1 Å². The van der Waals surface area contributed by atoms with Gasteiger partial charge in [0.15, 0.2) is 11.6 Å². The molecule has 3 rings (SSSR count). The van der Waals surface area contributed by atoms with Crippen LogP contribution in [0.2, 0.25) is 0 Å². The molecular weight excluding hydrogens is 579 g/mol. The number of benzene rings is 2. The van der Waals surface area contributed by atoms with E-state index in [0.717, 1.165) is 36.1 Å². The van der Waals surface area contributed by atoms with Crippen LogP contribution in [0.4, 0.5) is 13.2 Å². The van der Waals surface area contributed by atoms with Crippen LogP contribution >= 0.6 is 0 Å². The summed E-state index contributed by atoms with van der Waals surface area (Å²) in [7, 11) is 0. The molecule has 0 heterocycles. The van der Waals surface area contributed by atoms with Gasteiger partial charge in [0.25, 0.3) is 5.91 Å². The van der Waals surface area contributed by atoms with E-state index in [2.05, 4.69) is 12.2 Å². The number of esters is 1. The van der Waals surface area contributed by atoms with Crippen molar-refractivity contribution in [1.82, 2.24) is 5.32 Å². The Labute approximate surface area is 266 Å². The lowest BCUT2D eigenvalue weighted by atomic mass is 9.90. The topological polar surface area (TPSA) is 64.6 Å². The number of carbonyl (C=O) groups excluding carboxylic acids is 2. The number of nitrogens with one attached hydrogen (secondary N) is 1. The summed E-state index contributed by atoms with van der Waals surface area (Å²) in [5.41, 5.74) is 0.372. The second kappa shape index (κ2) is 18.4. The van der Waals surface area contributed by atoms with Crippen LogP contribution in [0.3, 0.4) is 0 Å². The maximum Gasteiger partial charge on any atom is 0.425 e. The molecule has 0 spiro atoms. The van der Waals surface area contributed by atoms with Crippen molar-refractivity contribution in [3.05, 3.63) is 78.4 Å². The minimum atomic E-state index is -4.70. The van der Waals surface area contributed by atoms with Crippen LogP contribution in [0, 0.1) is 0 Å². The maximum absolute atomic E-state index is 13.7. The third-order valence-electron chi connectivity index (χ3n) is 8.05. The van der Waals surface area contributed by atoms with E-state index >= 15 is 0 Å². The quantitative estimate of drug-likeness (QED) is 0.124. The third-order valence-corrected chi connectivity index (χ3v) is 8.05. The van der Waals surface area contributed by atoms with Crippen LogP contribution < -0.4 is 10.1 Å². The molecule has 1 amide bonds. The lowest BCUT2D eigenvalue weighted by molar-refractivity contribution is -0.225. The Morgan fingerprint density at radius 1 is 0.800 bits per heavy atom. The smallest absolute Gasteiger partial charge is 0.425 e. The van der Waals surface area contributed by atoms with Crippen LogP contribution in [0.1, 0.15) is 108 Å². The van der Waals surface area contributed by atoms with Gasteiger partial charge in [0, 0.05) is 12.0 Å². The first-order valence-corrected chi connectivity index (χ1v) is 16.5. The molecule has 0 aromatic heterocycles. The monoisotopic (exact) mass is 627 g/mol. The number of unbranched alkanes of at least 4 members (excludes halogenated alkanes) is 9. The van der Waals surface area contributed by atoms with Gasteiger partial charge in [0.05, 0.1) is 6.61 Å². The largest absolute Gasteiger partial charge is 0.494 e. The van der Waals surface area contributed by atoms with Gasteiger partial charge < -0.3 is 14.8 Å². The summed E-state index contributed by atoms with van der Waals surface area (Å²) in [6.07, 6.45) is 10.2. The van der Waals surface area contributed by atoms with Crippen molar-refractivity contribution in [3.63, 3.8) is 0 Å². The number of rotatable bonds is 19. The molecule has 1 aliphatic rings. The zero-order valence-corrected chi connectivity index (χ0v) is 26.7. The molecule has 2 aromatic rings. The normalized spacial score (nSPS) is 16.7. The fraction of sp³-hybridized carbons (Fsp3) is 0.514. The molecule has 0 saturated carbocycles. The molecule has 0 bridgehead atoms. The second-order valence-corrected chi connectivity index (χ2v) is 11.8. The number of hydrogen-bond donors (Lipinski definition) is 1. The molecule has 45 heavy (non-hydrogen) atoms. The maximum atomic E-state index is 13.7. The summed E-state index contributed by atoms with van der Waals surface area (Å²) in [6.45, 7) is 4.87. The van der Waals surface area contributed by atoms with Crippen molar-refractivity contribution in [2.24, 2.45) is 0 Å². The molecule has 8 heteroatoms. The highest BCUT2D eigenvalue weighted by molar-refractivity contribution is 5.99. The fourth-order valence-corrected chi connectivity index (χ4v) is 5.28. The average Bonchev–Trinajstić information content (AvgIpc) is 3.04. The molecule has 2 aromatic carbocycles. The number of alkyl halides is 3. The average molecular weight is 628 g/mol. The van der Waals surface area contributed by atoms with Gasteiger partial charge in [-0.15, -0.1) is 0 Å². The van der Waals surface area contributed by atoms with Gasteiger partial charge in [0.1, 0.15) is 5.75 Å². The van der Waals surface area contributed by atoms with Crippen molar-refractivity contribution in [1.29, 1.82) is 0 Å². The van der Waals surface area contributed by atoms with E-state index in [1.54, 1.807) is 36.4 Å². The predicted octanol–water partition coefficient (Wildman–Crippen LogP) is 9.91. The highest BCUT2D eigenvalue weighted by Crippen LogP contribution is 2.31. The minimum Gasteiger partial charge on any atom is -0.494 e. The van der Waals surface area contributed by atoms with Crippen LogP contribution in [-0.2, 0) is 9.53 Å². The Hall–Kier alpha value is -3.55. The fourth-order valence-electron chi connectivity index (χ4n) is 5.28. The molecule has 246 valence electrons.